The summed E-state index contributed by atoms with van der Waals surface area (Å²) in [5.74, 6) is 0. The third-order valence-corrected chi connectivity index (χ3v) is 2.78. The van der Waals surface area contributed by atoms with E-state index < -0.39 is 0 Å². The second kappa shape index (κ2) is 7.34. The van der Waals surface area contributed by atoms with Crippen molar-refractivity contribution in [2.45, 2.75) is 57.5 Å². The van der Waals surface area contributed by atoms with Gasteiger partial charge in [-0.1, -0.05) is 25.7 Å². The van der Waals surface area contributed by atoms with Crippen LogP contribution in [-0.4, -0.2) is 24.3 Å². The molecule has 0 spiro atoms. The molecule has 1 saturated heterocycles. The van der Waals surface area contributed by atoms with Gasteiger partial charge in [-0.05, 0) is 38.8 Å². The average molecular weight is 185 g/mol. The maximum Gasteiger partial charge on any atom is 0.0540 e. The molecule has 0 amide bonds. The second-order valence-electron chi connectivity index (χ2n) is 4.10. The molecule has 0 atom stereocenters. The summed E-state index contributed by atoms with van der Waals surface area (Å²) < 4.78 is 0. The molecule has 1 aliphatic heterocycles. The lowest BCUT2D eigenvalue weighted by Gasteiger charge is -2.12. The van der Waals surface area contributed by atoms with Crippen LogP contribution in [-0.2, 0) is 0 Å². The van der Waals surface area contributed by atoms with Crippen LogP contribution < -0.4 is 5.32 Å². The van der Waals surface area contributed by atoms with E-state index in [0.29, 0.717) is 0 Å². The molecule has 1 fully saturated rings. The van der Waals surface area contributed by atoms with E-state index in [4.69, 9.17) is 0 Å². The maximum absolute atomic E-state index is 9.58. The highest BCUT2D eigenvalue weighted by atomic mass is 16.3. The van der Waals surface area contributed by atoms with Crippen LogP contribution in [0.2, 0.25) is 0 Å². The molecule has 0 unspecified atom stereocenters. The summed E-state index contributed by atoms with van der Waals surface area (Å²) in [6, 6.07) is 0. The SMILES string of the molecule is OC1CCCCCNCCCCC1. The van der Waals surface area contributed by atoms with Gasteiger partial charge in [0.2, 0.25) is 0 Å². The minimum Gasteiger partial charge on any atom is -0.393 e. The lowest BCUT2D eigenvalue weighted by atomic mass is 10.0. The minimum absolute atomic E-state index is 0.0209. The van der Waals surface area contributed by atoms with Gasteiger partial charge in [-0.25, -0.2) is 0 Å². The van der Waals surface area contributed by atoms with E-state index in [0.717, 1.165) is 25.9 Å². The number of hydrogen-bond donors (Lipinski definition) is 2. The molecule has 0 aliphatic carbocycles. The van der Waals surface area contributed by atoms with Crippen LogP contribution in [0.1, 0.15) is 51.4 Å². The summed E-state index contributed by atoms with van der Waals surface area (Å²) in [6.45, 7) is 2.33. The van der Waals surface area contributed by atoms with Crippen LogP contribution >= 0.6 is 0 Å². The lowest BCUT2D eigenvalue weighted by Crippen LogP contribution is -2.17. The first-order valence-electron chi connectivity index (χ1n) is 5.78. The summed E-state index contributed by atoms with van der Waals surface area (Å²) in [6.07, 6.45) is 9.48. The zero-order chi connectivity index (χ0) is 9.36. The Kier molecular flexibility index (Phi) is 6.21. The fourth-order valence-corrected chi connectivity index (χ4v) is 1.88. The summed E-state index contributed by atoms with van der Waals surface area (Å²) in [5, 5.41) is 13.0. The molecule has 0 aromatic rings. The minimum atomic E-state index is -0.0209. The van der Waals surface area contributed by atoms with E-state index in [-0.39, 0.29) is 6.10 Å². The van der Waals surface area contributed by atoms with E-state index in [2.05, 4.69) is 5.32 Å². The normalized spacial score (nSPS) is 24.7. The highest BCUT2D eigenvalue weighted by Gasteiger charge is 2.04. The fraction of sp³-hybridized carbons (Fsp3) is 1.00. The van der Waals surface area contributed by atoms with Crippen molar-refractivity contribution < 1.29 is 5.11 Å². The van der Waals surface area contributed by atoms with E-state index in [9.17, 15) is 5.11 Å². The van der Waals surface area contributed by atoms with E-state index in [1.165, 1.54) is 38.5 Å². The van der Waals surface area contributed by atoms with Gasteiger partial charge >= 0.3 is 0 Å². The molecule has 0 aromatic heterocycles. The lowest BCUT2D eigenvalue weighted by molar-refractivity contribution is 0.147. The molecule has 0 bridgehead atoms. The molecule has 2 N–H and O–H groups in total. The van der Waals surface area contributed by atoms with Crippen LogP contribution in [0.3, 0.4) is 0 Å². The third-order valence-electron chi connectivity index (χ3n) is 2.78. The number of hydrogen-bond acceptors (Lipinski definition) is 2. The monoisotopic (exact) mass is 185 g/mol. The van der Waals surface area contributed by atoms with Gasteiger partial charge in [0, 0.05) is 0 Å². The Morgan fingerprint density at radius 2 is 1.31 bits per heavy atom. The van der Waals surface area contributed by atoms with Gasteiger partial charge < -0.3 is 10.4 Å². The molecule has 0 radical (unpaired) electrons. The maximum atomic E-state index is 9.58. The van der Waals surface area contributed by atoms with Gasteiger partial charge in [0.05, 0.1) is 6.10 Å². The van der Waals surface area contributed by atoms with Gasteiger partial charge in [-0.15, -0.1) is 0 Å². The number of nitrogens with one attached hydrogen (secondary N) is 1. The Balaban J connectivity index is 2.11. The van der Waals surface area contributed by atoms with Crippen LogP contribution in [0, 0.1) is 0 Å². The molecule has 1 heterocycles. The predicted octanol–water partition coefficient (Wildman–Crippen LogP) is 2.07. The van der Waals surface area contributed by atoms with Crippen LogP contribution in [0.25, 0.3) is 0 Å². The van der Waals surface area contributed by atoms with Crippen molar-refractivity contribution in [1.29, 1.82) is 0 Å². The molecule has 0 aromatic carbocycles. The van der Waals surface area contributed by atoms with Crippen LogP contribution in [0.5, 0.6) is 0 Å². The fourth-order valence-electron chi connectivity index (χ4n) is 1.88. The van der Waals surface area contributed by atoms with Crippen molar-refractivity contribution >= 4 is 0 Å². The van der Waals surface area contributed by atoms with Gasteiger partial charge in [-0.3, -0.25) is 0 Å². The number of aliphatic hydroxyl groups excluding tert-OH is 1. The summed E-state index contributed by atoms with van der Waals surface area (Å²) in [4.78, 5) is 0. The van der Waals surface area contributed by atoms with Crippen molar-refractivity contribution in [1.82, 2.24) is 5.32 Å². The van der Waals surface area contributed by atoms with Crippen molar-refractivity contribution in [3.05, 3.63) is 0 Å². The standard InChI is InChI=1S/C11H23NO/c13-11-7-3-1-5-9-12-10-6-2-4-8-11/h11-13H,1-10H2. The second-order valence-corrected chi connectivity index (χ2v) is 4.10. The van der Waals surface area contributed by atoms with Crippen molar-refractivity contribution in [3.8, 4) is 0 Å². The first-order valence-corrected chi connectivity index (χ1v) is 5.78. The van der Waals surface area contributed by atoms with Crippen molar-refractivity contribution in [2.75, 3.05) is 13.1 Å². The van der Waals surface area contributed by atoms with Gasteiger partial charge in [0.1, 0.15) is 0 Å². The Bertz CT molecular complexity index is 105. The molecule has 2 heteroatoms. The highest BCUT2D eigenvalue weighted by molar-refractivity contribution is 4.59. The molecule has 0 saturated carbocycles. The average Bonchev–Trinajstić information content (AvgIpc) is 2.11. The Morgan fingerprint density at radius 3 is 1.85 bits per heavy atom. The smallest absolute Gasteiger partial charge is 0.0540 e. The predicted molar refractivity (Wildman–Crippen MR) is 55.8 cm³/mol. The zero-order valence-corrected chi connectivity index (χ0v) is 8.60. The first kappa shape index (κ1) is 11.0. The Hall–Kier alpha value is -0.0800. The van der Waals surface area contributed by atoms with Gasteiger partial charge in [-0.2, -0.15) is 0 Å². The largest absolute Gasteiger partial charge is 0.393 e. The van der Waals surface area contributed by atoms with Crippen LogP contribution in [0.4, 0.5) is 0 Å². The topological polar surface area (TPSA) is 32.3 Å². The molecule has 1 rings (SSSR count). The number of rotatable bonds is 0. The molecule has 13 heavy (non-hydrogen) atoms. The molecular weight excluding hydrogens is 162 g/mol. The number of aliphatic hydroxyl groups is 1. The van der Waals surface area contributed by atoms with Crippen molar-refractivity contribution in [3.63, 3.8) is 0 Å². The van der Waals surface area contributed by atoms with Crippen LogP contribution in [0.15, 0.2) is 0 Å². The Labute approximate surface area is 81.7 Å². The molecule has 2 nitrogen and oxygen atoms in total. The van der Waals surface area contributed by atoms with Gasteiger partial charge in [0.15, 0.2) is 0 Å². The summed E-state index contributed by atoms with van der Waals surface area (Å²) >= 11 is 0. The van der Waals surface area contributed by atoms with E-state index >= 15 is 0 Å². The molecule has 78 valence electrons. The quantitative estimate of drug-likeness (QED) is 0.605. The van der Waals surface area contributed by atoms with E-state index in [1.807, 2.05) is 0 Å². The summed E-state index contributed by atoms with van der Waals surface area (Å²) in [7, 11) is 0. The Morgan fingerprint density at radius 1 is 0.769 bits per heavy atom. The highest BCUT2D eigenvalue weighted by Crippen LogP contribution is 2.11. The van der Waals surface area contributed by atoms with Crippen molar-refractivity contribution in [2.24, 2.45) is 0 Å². The molecule has 1 aliphatic rings. The van der Waals surface area contributed by atoms with E-state index in [1.54, 1.807) is 0 Å². The first-order chi connectivity index (χ1) is 6.39. The summed E-state index contributed by atoms with van der Waals surface area (Å²) in [5.41, 5.74) is 0. The zero-order valence-electron chi connectivity index (χ0n) is 8.60. The third kappa shape index (κ3) is 6.05. The van der Waals surface area contributed by atoms with Gasteiger partial charge in [0.25, 0.3) is 0 Å². The molecular formula is C11H23NO.